The average molecular weight is 431 g/mol. The fourth-order valence-electron chi connectivity index (χ4n) is 4.51. The maximum Gasteiger partial charge on any atom is 0.414 e. The third-order valence-corrected chi connectivity index (χ3v) is 6.45. The monoisotopic (exact) mass is 430 g/mol. The Morgan fingerprint density at radius 1 is 0.906 bits per heavy atom. The van der Waals surface area contributed by atoms with E-state index in [0.717, 1.165) is 38.8 Å². The van der Waals surface area contributed by atoms with Gasteiger partial charge in [-0.2, -0.15) is 0 Å². The van der Waals surface area contributed by atoms with E-state index in [1.165, 1.54) is 0 Å². The Hall–Kier alpha value is -3.34. The van der Waals surface area contributed by atoms with Crippen LogP contribution >= 0.6 is 0 Å². The van der Waals surface area contributed by atoms with Gasteiger partial charge in [-0.3, -0.25) is 9.69 Å². The first-order chi connectivity index (χ1) is 15.4. The lowest BCUT2D eigenvalue weighted by atomic mass is 9.97. The van der Waals surface area contributed by atoms with Gasteiger partial charge in [-0.1, -0.05) is 37.3 Å². The molecule has 0 saturated heterocycles. The van der Waals surface area contributed by atoms with Crippen molar-refractivity contribution in [1.82, 2.24) is 0 Å². The third-order valence-electron chi connectivity index (χ3n) is 6.45. The minimum atomic E-state index is -0.364. The fourth-order valence-corrected chi connectivity index (χ4v) is 4.51. The van der Waals surface area contributed by atoms with Crippen molar-refractivity contribution in [2.75, 3.05) is 23.0 Å². The van der Waals surface area contributed by atoms with E-state index in [9.17, 15) is 9.59 Å². The summed E-state index contributed by atoms with van der Waals surface area (Å²) in [6, 6.07) is 15.8. The molecule has 3 aromatic rings. The van der Waals surface area contributed by atoms with Crippen LogP contribution in [0.15, 0.2) is 48.5 Å². The zero-order chi connectivity index (χ0) is 23.0. The molecule has 1 aliphatic rings. The van der Waals surface area contributed by atoms with Crippen LogP contribution in [-0.4, -0.2) is 31.2 Å². The molecular formula is C27H30N2O3. The number of carbonyl (C=O) groups is 2. The maximum absolute atomic E-state index is 13.9. The Morgan fingerprint density at radius 3 is 2.22 bits per heavy atom. The van der Waals surface area contributed by atoms with Crippen molar-refractivity contribution in [3.8, 4) is 0 Å². The second-order valence-electron chi connectivity index (χ2n) is 8.45. The molecule has 0 N–H and O–H groups in total. The predicted octanol–water partition coefficient (Wildman–Crippen LogP) is 6.17. The number of hydrogen-bond acceptors (Lipinski definition) is 3. The molecule has 0 bridgehead atoms. The first-order valence-corrected chi connectivity index (χ1v) is 11.2. The second-order valence-corrected chi connectivity index (χ2v) is 8.45. The van der Waals surface area contributed by atoms with Crippen LogP contribution in [0.25, 0.3) is 10.8 Å². The summed E-state index contributed by atoms with van der Waals surface area (Å²) in [5, 5.41) is 2.03. The molecule has 32 heavy (non-hydrogen) atoms. The van der Waals surface area contributed by atoms with Crippen LogP contribution in [-0.2, 0) is 4.74 Å². The largest absolute Gasteiger partial charge is 0.449 e. The molecular weight excluding hydrogens is 400 g/mol. The van der Waals surface area contributed by atoms with Crippen LogP contribution in [0, 0.1) is 20.8 Å². The molecule has 0 fully saturated rings. The standard InChI is InChI=1S/C27H30N2O3/c1-6-20-16-28(26(30)23-13-12-17(3)21-10-8-9-11-22(21)23)24-14-18(4)19(5)15-25(24)29(20)27(31)32-7-2/h8-15,20H,6-7,16H2,1-5H3. The van der Waals surface area contributed by atoms with Crippen molar-refractivity contribution < 1.29 is 14.3 Å². The Labute approximate surface area is 189 Å². The number of nitrogens with zero attached hydrogens (tertiary/aromatic N) is 2. The quantitative estimate of drug-likeness (QED) is 0.499. The van der Waals surface area contributed by atoms with E-state index in [4.69, 9.17) is 4.74 Å². The summed E-state index contributed by atoms with van der Waals surface area (Å²) < 4.78 is 5.38. The van der Waals surface area contributed by atoms with E-state index in [0.29, 0.717) is 25.1 Å². The molecule has 166 valence electrons. The minimum Gasteiger partial charge on any atom is -0.449 e. The van der Waals surface area contributed by atoms with E-state index in [-0.39, 0.29) is 18.0 Å². The summed E-state index contributed by atoms with van der Waals surface area (Å²) in [7, 11) is 0. The van der Waals surface area contributed by atoms with Crippen LogP contribution in [0.1, 0.15) is 47.3 Å². The molecule has 1 atom stereocenters. The second kappa shape index (κ2) is 8.65. The van der Waals surface area contributed by atoms with Gasteiger partial charge in [0.05, 0.1) is 24.0 Å². The number of aryl methyl sites for hydroxylation is 3. The van der Waals surface area contributed by atoms with Crippen LogP contribution < -0.4 is 9.80 Å². The van der Waals surface area contributed by atoms with Gasteiger partial charge in [-0.05, 0) is 79.8 Å². The molecule has 0 saturated carbocycles. The summed E-state index contributed by atoms with van der Waals surface area (Å²) in [4.78, 5) is 30.4. The molecule has 0 aromatic heterocycles. The molecule has 0 radical (unpaired) electrons. The van der Waals surface area contributed by atoms with Gasteiger partial charge in [0.2, 0.25) is 0 Å². The van der Waals surface area contributed by atoms with E-state index < -0.39 is 0 Å². The lowest BCUT2D eigenvalue weighted by molar-refractivity contribution is 0.0983. The summed E-state index contributed by atoms with van der Waals surface area (Å²) in [6.07, 6.45) is 0.348. The van der Waals surface area contributed by atoms with Crippen LogP contribution in [0.3, 0.4) is 0 Å². The van der Waals surface area contributed by atoms with E-state index in [1.54, 1.807) is 4.90 Å². The molecule has 3 aromatic carbocycles. The summed E-state index contributed by atoms with van der Waals surface area (Å²) in [6.45, 7) is 10.7. The Kier molecular flexibility index (Phi) is 5.92. The van der Waals surface area contributed by atoms with Crippen molar-refractivity contribution in [2.45, 2.75) is 47.1 Å². The van der Waals surface area contributed by atoms with E-state index in [1.807, 2.05) is 75.1 Å². The lowest BCUT2D eigenvalue weighted by Crippen LogP contribution is -2.53. The molecule has 4 rings (SSSR count). The number of rotatable bonds is 3. The SMILES string of the molecule is CCOC(=O)N1c2cc(C)c(C)cc2N(C(=O)c2ccc(C)c3ccccc23)CC1CC. The van der Waals surface area contributed by atoms with Gasteiger partial charge < -0.3 is 9.64 Å². The van der Waals surface area contributed by atoms with Gasteiger partial charge in [0.25, 0.3) is 5.91 Å². The Morgan fingerprint density at radius 2 is 1.56 bits per heavy atom. The van der Waals surface area contributed by atoms with Gasteiger partial charge in [-0.25, -0.2) is 4.79 Å². The highest BCUT2D eigenvalue weighted by atomic mass is 16.6. The van der Waals surface area contributed by atoms with Gasteiger partial charge >= 0.3 is 6.09 Å². The minimum absolute atomic E-state index is 0.0485. The normalized spacial score (nSPS) is 15.6. The number of hydrogen-bond donors (Lipinski definition) is 0. The first-order valence-electron chi connectivity index (χ1n) is 11.2. The molecule has 2 amide bonds. The number of anilines is 2. The van der Waals surface area contributed by atoms with Crippen LogP contribution in [0.5, 0.6) is 0 Å². The molecule has 1 unspecified atom stereocenters. The van der Waals surface area contributed by atoms with Gasteiger partial charge in [0, 0.05) is 12.1 Å². The van der Waals surface area contributed by atoms with E-state index in [2.05, 4.69) is 13.0 Å². The van der Waals surface area contributed by atoms with Gasteiger partial charge in [0.1, 0.15) is 0 Å². The first kappa shape index (κ1) is 21.9. The van der Waals surface area contributed by atoms with Crippen LogP contribution in [0.2, 0.25) is 0 Å². The van der Waals surface area contributed by atoms with Crippen molar-refractivity contribution in [1.29, 1.82) is 0 Å². The van der Waals surface area contributed by atoms with Crippen molar-refractivity contribution in [3.05, 3.63) is 70.8 Å². The zero-order valence-corrected chi connectivity index (χ0v) is 19.4. The topological polar surface area (TPSA) is 49.9 Å². The highest BCUT2D eigenvalue weighted by molar-refractivity contribution is 6.16. The molecule has 5 heteroatoms. The van der Waals surface area contributed by atoms with Gasteiger partial charge in [-0.15, -0.1) is 0 Å². The van der Waals surface area contributed by atoms with Crippen LogP contribution in [0.4, 0.5) is 16.2 Å². The third kappa shape index (κ3) is 3.62. The lowest BCUT2D eigenvalue weighted by Gasteiger charge is -2.42. The number of ether oxygens (including phenoxy) is 1. The number of fused-ring (bicyclic) bond motifs is 2. The highest BCUT2D eigenvalue weighted by Crippen LogP contribution is 2.40. The zero-order valence-electron chi connectivity index (χ0n) is 19.4. The Bertz CT molecular complexity index is 1200. The molecule has 0 aliphatic carbocycles. The maximum atomic E-state index is 13.9. The number of benzene rings is 3. The number of carbonyl (C=O) groups excluding carboxylic acids is 2. The summed E-state index contributed by atoms with van der Waals surface area (Å²) >= 11 is 0. The van der Waals surface area contributed by atoms with Gasteiger partial charge in [0.15, 0.2) is 0 Å². The summed E-state index contributed by atoms with van der Waals surface area (Å²) in [5.74, 6) is -0.0485. The smallest absolute Gasteiger partial charge is 0.414 e. The number of amides is 2. The average Bonchev–Trinajstić information content (AvgIpc) is 2.79. The predicted molar refractivity (Wildman–Crippen MR) is 130 cm³/mol. The summed E-state index contributed by atoms with van der Waals surface area (Å²) in [5.41, 5.74) is 5.45. The molecule has 0 spiro atoms. The molecule has 1 heterocycles. The molecule has 5 nitrogen and oxygen atoms in total. The van der Waals surface area contributed by atoms with Crippen molar-refractivity contribution in [3.63, 3.8) is 0 Å². The highest BCUT2D eigenvalue weighted by Gasteiger charge is 2.38. The van der Waals surface area contributed by atoms with Crippen molar-refractivity contribution >= 4 is 34.1 Å². The fraction of sp³-hybridized carbons (Fsp3) is 0.333. The molecule has 1 aliphatic heterocycles. The van der Waals surface area contributed by atoms with E-state index >= 15 is 0 Å². The van der Waals surface area contributed by atoms with Crippen molar-refractivity contribution in [2.24, 2.45) is 0 Å². The Balaban J connectivity index is 1.88.